The van der Waals surface area contributed by atoms with E-state index < -0.39 is 5.54 Å². The van der Waals surface area contributed by atoms with Crippen LogP contribution in [0, 0.1) is 6.92 Å². The maximum Gasteiger partial charge on any atom is 0.297 e. The van der Waals surface area contributed by atoms with Gasteiger partial charge in [-0.1, -0.05) is 57.9 Å². The van der Waals surface area contributed by atoms with Crippen LogP contribution < -0.4 is 20.9 Å². The number of hydrogen-bond acceptors (Lipinski definition) is 5. The molecular weight excluding hydrogens is 476 g/mol. The van der Waals surface area contributed by atoms with Gasteiger partial charge >= 0.3 is 0 Å². The molecule has 1 saturated carbocycles. The van der Waals surface area contributed by atoms with Crippen molar-refractivity contribution in [3.63, 3.8) is 0 Å². The summed E-state index contributed by atoms with van der Waals surface area (Å²) in [4.78, 5) is 30.9. The van der Waals surface area contributed by atoms with Crippen molar-refractivity contribution in [2.75, 3.05) is 11.9 Å². The third kappa shape index (κ3) is 6.09. The summed E-state index contributed by atoms with van der Waals surface area (Å²) >= 11 is 0. The van der Waals surface area contributed by atoms with Gasteiger partial charge < -0.3 is 15.4 Å². The second kappa shape index (κ2) is 12.3. The topological polar surface area (TPSA) is 85.2 Å². The van der Waals surface area contributed by atoms with Gasteiger partial charge in [0.05, 0.1) is 17.8 Å². The number of benzene rings is 2. The van der Waals surface area contributed by atoms with Crippen LogP contribution in [-0.4, -0.2) is 28.1 Å². The van der Waals surface area contributed by atoms with Crippen molar-refractivity contribution in [1.82, 2.24) is 14.9 Å². The first-order valence-electron chi connectivity index (χ1n) is 13.9. The minimum atomic E-state index is -0.534. The third-order valence-electron chi connectivity index (χ3n) is 7.46. The van der Waals surface area contributed by atoms with Gasteiger partial charge in [0, 0.05) is 29.6 Å². The average Bonchev–Trinajstić information content (AvgIpc) is 3.75. The summed E-state index contributed by atoms with van der Waals surface area (Å²) in [5.41, 5.74) is 2.34. The van der Waals surface area contributed by atoms with E-state index in [4.69, 9.17) is 4.74 Å². The summed E-state index contributed by atoms with van der Waals surface area (Å²) in [6.45, 7) is 8.99. The number of anilines is 1. The number of aromatic nitrogens is 2. The van der Waals surface area contributed by atoms with Gasteiger partial charge in [0.1, 0.15) is 5.75 Å². The molecule has 0 radical (unpaired) electrons. The minimum absolute atomic E-state index is 0.110. The second-order valence-electron chi connectivity index (χ2n) is 10.2. The lowest BCUT2D eigenvalue weighted by Crippen LogP contribution is -2.38. The Morgan fingerprint density at radius 2 is 1.87 bits per heavy atom. The zero-order valence-electron chi connectivity index (χ0n) is 23.0. The summed E-state index contributed by atoms with van der Waals surface area (Å²) in [6.07, 6.45) is 10.1. The van der Waals surface area contributed by atoms with Crippen LogP contribution in [-0.2, 0) is 5.54 Å². The Balaban J connectivity index is 1.67. The molecule has 7 nitrogen and oxygen atoms in total. The van der Waals surface area contributed by atoms with E-state index in [-0.39, 0.29) is 23.3 Å². The Kier molecular flexibility index (Phi) is 8.87. The highest BCUT2D eigenvalue weighted by atomic mass is 16.5. The Morgan fingerprint density at radius 1 is 1.11 bits per heavy atom. The van der Waals surface area contributed by atoms with Gasteiger partial charge in [0.25, 0.3) is 11.5 Å². The van der Waals surface area contributed by atoms with Crippen molar-refractivity contribution in [1.29, 1.82) is 0 Å². The fraction of sp³-hybridized carbons (Fsp3) is 0.452. The summed E-state index contributed by atoms with van der Waals surface area (Å²) < 4.78 is 7.78. The Labute approximate surface area is 225 Å². The van der Waals surface area contributed by atoms with E-state index in [0.717, 1.165) is 61.8 Å². The first kappa shape index (κ1) is 27.4. The molecule has 0 atom stereocenters. The molecule has 1 aromatic heterocycles. The predicted octanol–water partition coefficient (Wildman–Crippen LogP) is 6.13. The zero-order valence-corrected chi connectivity index (χ0v) is 23.0. The van der Waals surface area contributed by atoms with E-state index in [1.165, 1.54) is 0 Å². The van der Waals surface area contributed by atoms with Gasteiger partial charge in [-0.15, -0.1) is 0 Å². The highest BCUT2D eigenvalue weighted by Gasteiger charge is 2.33. The van der Waals surface area contributed by atoms with Gasteiger partial charge in [0.2, 0.25) is 0 Å². The largest absolute Gasteiger partial charge is 0.493 e. The molecule has 202 valence electrons. The number of carbonyl (C=O) groups is 1. The SMILES string of the molecule is CCCCCOc1ccccc1C(CC)(CC)Nc1nccn(-c2cc(C(=O)NC3CC3)ccc2C)c1=O. The van der Waals surface area contributed by atoms with E-state index in [2.05, 4.69) is 42.5 Å². The molecular formula is C31H40N4O3. The maximum atomic E-state index is 13.8. The molecule has 0 saturated heterocycles. The van der Waals surface area contributed by atoms with Gasteiger partial charge in [-0.3, -0.25) is 14.2 Å². The molecule has 3 aromatic rings. The second-order valence-corrected chi connectivity index (χ2v) is 10.2. The van der Waals surface area contributed by atoms with Crippen LogP contribution in [0.2, 0.25) is 0 Å². The van der Waals surface area contributed by atoms with Crippen LogP contribution in [0.5, 0.6) is 5.75 Å². The summed E-state index contributed by atoms with van der Waals surface area (Å²) in [5, 5.41) is 6.54. The first-order chi connectivity index (χ1) is 18.4. The number of hydrogen-bond donors (Lipinski definition) is 2. The van der Waals surface area contributed by atoms with Crippen LogP contribution >= 0.6 is 0 Å². The number of aryl methyl sites for hydroxylation is 1. The Bertz CT molecular complexity index is 1310. The summed E-state index contributed by atoms with van der Waals surface area (Å²) in [7, 11) is 0. The van der Waals surface area contributed by atoms with E-state index in [1.54, 1.807) is 29.1 Å². The molecule has 1 amide bonds. The average molecular weight is 517 g/mol. The van der Waals surface area contributed by atoms with Crippen LogP contribution in [0.3, 0.4) is 0 Å². The van der Waals surface area contributed by atoms with Crippen molar-refractivity contribution < 1.29 is 9.53 Å². The van der Waals surface area contributed by atoms with Crippen molar-refractivity contribution in [3.8, 4) is 11.4 Å². The number of amides is 1. The maximum absolute atomic E-state index is 13.8. The van der Waals surface area contributed by atoms with E-state index >= 15 is 0 Å². The third-order valence-corrected chi connectivity index (χ3v) is 7.46. The molecule has 1 heterocycles. The molecule has 7 heteroatoms. The minimum Gasteiger partial charge on any atom is -0.493 e. The quantitative estimate of drug-likeness (QED) is 0.267. The molecule has 1 aliphatic rings. The highest BCUT2D eigenvalue weighted by Crippen LogP contribution is 2.37. The van der Waals surface area contributed by atoms with Crippen LogP contribution in [0.4, 0.5) is 5.82 Å². The van der Waals surface area contributed by atoms with Crippen LogP contribution in [0.15, 0.2) is 59.7 Å². The fourth-order valence-electron chi connectivity index (χ4n) is 4.82. The van der Waals surface area contributed by atoms with E-state index in [0.29, 0.717) is 17.9 Å². The van der Waals surface area contributed by atoms with Gasteiger partial charge in [-0.25, -0.2) is 4.98 Å². The number of ether oxygens (including phenoxy) is 1. The molecule has 38 heavy (non-hydrogen) atoms. The molecule has 2 N–H and O–H groups in total. The van der Waals surface area contributed by atoms with Crippen molar-refractivity contribution >= 4 is 11.7 Å². The monoisotopic (exact) mass is 516 g/mol. The standard InChI is InChI=1S/C31H40N4O3/c1-5-8-11-20-38-27-13-10-9-12-25(27)31(6-2,7-3)34-28-30(37)35(19-18-32-28)26-21-23(15-14-22(26)4)29(36)33-24-16-17-24/h9-10,12-15,18-19,21,24H,5-8,11,16-17,20H2,1-4H3,(H,32,34)(H,33,36). The summed E-state index contributed by atoms with van der Waals surface area (Å²) in [6, 6.07) is 13.8. The molecule has 2 aromatic carbocycles. The fourth-order valence-corrected chi connectivity index (χ4v) is 4.82. The lowest BCUT2D eigenvalue weighted by molar-refractivity contribution is 0.0951. The van der Waals surface area contributed by atoms with Gasteiger partial charge in [-0.2, -0.15) is 0 Å². The molecule has 1 aliphatic carbocycles. The molecule has 1 fully saturated rings. The van der Waals surface area contributed by atoms with E-state index in [1.807, 2.05) is 31.2 Å². The first-order valence-corrected chi connectivity index (χ1v) is 13.9. The predicted molar refractivity (Wildman–Crippen MR) is 152 cm³/mol. The zero-order chi connectivity index (χ0) is 27.1. The normalized spacial score (nSPS) is 13.3. The number of rotatable bonds is 13. The highest BCUT2D eigenvalue weighted by molar-refractivity contribution is 5.95. The van der Waals surface area contributed by atoms with Crippen molar-refractivity contribution in [2.24, 2.45) is 0 Å². The van der Waals surface area contributed by atoms with Gasteiger partial charge in [0.15, 0.2) is 5.82 Å². The number of carbonyl (C=O) groups excluding carboxylic acids is 1. The molecule has 0 unspecified atom stereocenters. The van der Waals surface area contributed by atoms with Crippen LogP contribution in [0.1, 0.15) is 87.2 Å². The molecule has 0 spiro atoms. The smallest absolute Gasteiger partial charge is 0.297 e. The molecule has 0 bridgehead atoms. The van der Waals surface area contributed by atoms with E-state index in [9.17, 15) is 9.59 Å². The number of para-hydroxylation sites is 1. The summed E-state index contributed by atoms with van der Waals surface area (Å²) in [5.74, 6) is 0.992. The number of nitrogens with zero attached hydrogens (tertiary/aromatic N) is 2. The molecule has 0 aliphatic heterocycles. The Hall–Kier alpha value is -3.61. The van der Waals surface area contributed by atoms with Crippen molar-refractivity contribution in [2.45, 2.75) is 84.2 Å². The number of nitrogens with one attached hydrogen (secondary N) is 2. The Morgan fingerprint density at radius 3 is 2.58 bits per heavy atom. The van der Waals surface area contributed by atoms with Crippen LogP contribution in [0.25, 0.3) is 5.69 Å². The number of unbranched alkanes of at least 4 members (excludes halogenated alkanes) is 2. The molecule has 4 rings (SSSR count). The lowest BCUT2D eigenvalue weighted by atomic mass is 9.84. The van der Waals surface area contributed by atoms with Gasteiger partial charge in [-0.05, 0) is 62.8 Å². The lowest BCUT2D eigenvalue weighted by Gasteiger charge is -2.35. The van der Waals surface area contributed by atoms with Crippen molar-refractivity contribution in [3.05, 3.63) is 81.9 Å².